The summed E-state index contributed by atoms with van der Waals surface area (Å²) in [7, 11) is 1.94. The van der Waals surface area contributed by atoms with Gasteiger partial charge in [0.2, 0.25) is 0 Å². The average molecular weight is 228 g/mol. The van der Waals surface area contributed by atoms with Gasteiger partial charge in [0.25, 0.3) is 0 Å². The maximum absolute atomic E-state index is 12.0. The first kappa shape index (κ1) is 15.6. The SMILES string of the molecule is CNCCN(CC(=O)C(C)(C)C)C(C)(C)C. The molecule has 16 heavy (non-hydrogen) atoms. The zero-order chi connectivity index (χ0) is 13.0. The minimum atomic E-state index is -0.247. The molecule has 0 aromatic heterocycles. The summed E-state index contributed by atoms with van der Waals surface area (Å²) in [6, 6.07) is 0. The molecule has 0 fully saturated rings. The van der Waals surface area contributed by atoms with Crippen molar-refractivity contribution in [1.82, 2.24) is 10.2 Å². The molecule has 96 valence electrons. The van der Waals surface area contributed by atoms with Gasteiger partial charge in [0.1, 0.15) is 0 Å². The molecule has 0 saturated heterocycles. The van der Waals surface area contributed by atoms with E-state index in [4.69, 9.17) is 0 Å². The summed E-state index contributed by atoms with van der Waals surface area (Å²) in [6.45, 7) is 14.7. The van der Waals surface area contributed by atoms with Crippen molar-refractivity contribution in [2.45, 2.75) is 47.1 Å². The van der Waals surface area contributed by atoms with Gasteiger partial charge in [-0.25, -0.2) is 0 Å². The van der Waals surface area contributed by atoms with E-state index in [2.05, 4.69) is 31.0 Å². The molecule has 1 N–H and O–H groups in total. The van der Waals surface area contributed by atoms with Crippen molar-refractivity contribution < 1.29 is 4.79 Å². The lowest BCUT2D eigenvalue weighted by atomic mass is 9.89. The monoisotopic (exact) mass is 228 g/mol. The van der Waals surface area contributed by atoms with Crippen LogP contribution in [0, 0.1) is 5.41 Å². The fourth-order valence-corrected chi connectivity index (χ4v) is 1.31. The van der Waals surface area contributed by atoms with Crippen molar-refractivity contribution in [3.05, 3.63) is 0 Å². The predicted molar refractivity (Wildman–Crippen MR) is 69.7 cm³/mol. The lowest BCUT2D eigenvalue weighted by Gasteiger charge is -2.36. The number of ketones is 1. The van der Waals surface area contributed by atoms with Crippen LogP contribution in [0.2, 0.25) is 0 Å². The molecule has 0 aliphatic carbocycles. The maximum Gasteiger partial charge on any atom is 0.152 e. The highest BCUT2D eigenvalue weighted by Crippen LogP contribution is 2.19. The van der Waals surface area contributed by atoms with Crippen molar-refractivity contribution in [2.24, 2.45) is 5.41 Å². The van der Waals surface area contributed by atoms with E-state index in [9.17, 15) is 4.79 Å². The number of nitrogens with one attached hydrogen (secondary N) is 1. The minimum absolute atomic E-state index is 0.0394. The van der Waals surface area contributed by atoms with E-state index in [0.717, 1.165) is 13.1 Å². The highest BCUT2D eigenvalue weighted by Gasteiger charge is 2.28. The van der Waals surface area contributed by atoms with Gasteiger partial charge in [-0.3, -0.25) is 9.69 Å². The summed E-state index contributed by atoms with van der Waals surface area (Å²) in [6.07, 6.45) is 0. The van der Waals surface area contributed by atoms with Crippen LogP contribution in [0.1, 0.15) is 41.5 Å². The third-order valence-electron chi connectivity index (χ3n) is 2.75. The van der Waals surface area contributed by atoms with E-state index in [-0.39, 0.29) is 11.0 Å². The lowest BCUT2D eigenvalue weighted by Crippen LogP contribution is -2.48. The summed E-state index contributed by atoms with van der Waals surface area (Å²) in [5.74, 6) is 0.304. The largest absolute Gasteiger partial charge is 0.318 e. The first-order valence-electron chi connectivity index (χ1n) is 6.02. The molecule has 0 aromatic carbocycles. The van der Waals surface area contributed by atoms with Crippen LogP contribution < -0.4 is 5.32 Å². The molecule has 0 bridgehead atoms. The molecule has 0 spiro atoms. The molecule has 3 heteroatoms. The second kappa shape index (κ2) is 5.78. The first-order valence-corrected chi connectivity index (χ1v) is 6.02. The summed E-state index contributed by atoms with van der Waals surface area (Å²) in [5.41, 5.74) is -0.207. The molecule has 0 aromatic rings. The van der Waals surface area contributed by atoms with Crippen LogP contribution in [-0.2, 0) is 4.79 Å². The van der Waals surface area contributed by atoms with Crippen LogP contribution in [0.25, 0.3) is 0 Å². The third kappa shape index (κ3) is 5.61. The molecule has 0 saturated carbocycles. The van der Waals surface area contributed by atoms with E-state index < -0.39 is 0 Å². The van der Waals surface area contributed by atoms with Crippen molar-refractivity contribution >= 4 is 5.78 Å². The molecular formula is C13H28N2O. The Morgan fingerprint density at radius 3 is 1.94 bits per heavy atom. The topological polar surface area (TPSA) is 32.3 Å². The van der Waals surface area contributed by atoms with E-state index >= 15 is 0 Å². The molecule has 3 nitrogen and oxygen atoms in total. The first-order chi connectivity index (χ1) is 7.09. The van der Waals surface area contributed by atoms with Crippen LogP contribution >= 0.6 is 0 Å². The molecule has 0 radical (unpaired) electrons. The zero-order valence-corrected chi connectivity index (χ0v) is 12.0. The Morgan fingerprint density at radius 1 is 1.12 bits per heavy atom. The average Bonchev–Trinajstić information content (AvgIpc) is 2.08. The van der Waals surface area contributed by atoms with Gasteiger partial charge in [-0.1, -0.05) is 20.8 Å². The van der Waals surface area contributed by atoms with Gasteiger partial charge in [-0.2, -0.15) is 0 Å². The van der Waals surface area contributed by atoms with E-state index in [1.807, 2.05) is 27.8 Å². The summed E-state index contributed by atoms with van der Waals surface area (Å²) >= 11 is 0. The van der Waals surface area contributed by atoms with Gasteiger partial charge in [-0.05, 0) is 27.8 Å². The Bertz CT molecular complexity index is 223. The second-order valence-corrected chi connectivity index (χ2v) is 6.37. The molecular weight excluding hydrogens is 200 g/mol. The smallest absolute Gasteiger partial charge is 0.152 e. The fraction of sp³-hybridized carbons (Fsp3) is 0.923. The van der Waals surface area contributed by atoms with E-state index in [1.165, 1.54) is 0 Å². The van der Waals surface area contributed by atoms with Crippen LogP contribution in [0.3, 0.4) is 0 Å². The Kier molecular flexibility index (Phi) is 5.63. The minimum Gasteiger partial charge on any atom is -0.318 e. The summed E-state index contributed by atoms with van der Waals surface area (Å²) in [4.78, 5) is 14.3. The van der Waals surface area contributed by atoms with Crippen LogP contribution in [0.4, 0.5) is 0 Å². The summed E-state index contributed by atoms with van der Waals surface area (Å²) < 4.78 is 0. The number of nitrogens with zero attached hydrogens (tertiary/aromatic N) is 1. The molecule has 0 unspecified atom stereocenters. The highest BCUT2D eigenvalue weighted by atomic mass is 16.1. The van der Waals surface area contributed by atoms with Crippen molar-refractivity contribution in [3.8, 4) is 0 Å². The van der Waals surface area contributed by atoms with Crippen molar-refractivity contribution in [1.29, 1.82) is 0 Å². The molecule has 0 rings (SSSR count). The normalized spacial score (nSPS) is 13.2. The van der Waals surface area contributed by atoms with Gasteiger partial charge < -0.3 is 5.32 Å². The standard InChI is InChI=1S/C13H28N2O/c1-12(2,3)11(16)10-15(9-8-14-7)13(4,5)6/h14H,8-10H2,1-7H3. The van der Waals surface area contributed by atoms with Gasteiger partial charge in [0.15, 0.2) is 5.78 Å². The van der Waals surface area contributed by atoms with Crippen LogP contribution in [-0.4, -0.2) is 42.9 Å². The maximum atomic E-state index is 12.0. The predicted octanol–water partition coefficient (Wildman–Crippen LogP) is 1.92. The number of hydrogen-bond acceptors (Lipinski definition) is 3. The fourth-order valence-electron chi connectivity index (χ4n) is 1.31. The lowest BCUT2D eigenvalue weighted by molar-refractivity contribution is -0.128. The van der Waals surface area contributed by atoms with Gasteiger partial charge >= 0.3 is 0 Å². The quantitative estimate of drug-likeness (QED) is 0.780. The number of likely N-dealkylation sites (N-methyl/N-ethyl adjacent to an activating group) is 1. The van der Waals surface area contributed by atoms with Crippen LogP contribution in [0.5, 0.6) is 0 Å². The molecule has 0 atom stereocenters. The molecule has 0 heterocycles. The number of carbonyl (C=O) groups is 1. The highest BCUT2D eigenvalue weighted by molar-refractivity contribution is 5.85. The number of rotatable bonds is 5. The second-order valence-electron chi connectivity index (χ2n) is 6.37. The molecule has 0 aliphatic heterocycles. The van der Waals surface area contributed by atoms with Crippen molar-refractivity contribution in [2.75, 3.05) is 26.7 Å². The Morgan fingerprint density at radius 2 is 1.62 bits per heavy atom. The molecule has 0 aliphatic rings. The van der Waals surface area contributed by atoms with Gasteiger partial charge in [0, 0.05) is 24.0 Å². The Labute approximate surface area is 101 Å². The van der Waals surface area contributed by atoms with Gasteiger partial charge in [0.05, 0.1) is 6.54 Å². The number of Topliss-reactive ketones (excluding diaryl/α,β-unsaturated/α-hetero) is 1. The van der Waals surface area contributed by atoms with Gasteiger partial charge in [-0.15, -0.1) is 0 Å². The molecule has 0 amide bonds. The van der Waals surface area contributed by atoms with E-state index in [0.29, 0.717) is 12.3 Å². The Hall–Kier alpha value is -0.410. The summed E-state index contributed by atoms with van der Waals surface area (Å²) in [5, 5.41) is 3.13. The van der Waals surface area contributed by atoms with Crippen LogP contribution in [0.15, 0.2) is 0 Å². The van der Waals surface area contributed by atoms with Crippen molar-refractivity contribution in [3.63, 3.8) is 0 Å². The number of carbonyl (C=O) groups excluding carboxylic acids is 1. The third-order valence-corrected chi connectivity index (χ3v) is 2.75. The zero-order valence-electron chi connectivity index (χ0n) is 12.0. The van der Waals surface area contributed by atoms with E-state index in [1.54, 1.807) is 0 Å². The number of hydrogen-bond donors (Lipinski definition) is 1. The Balaban J connectivity index is 4.50.